The molecule has 20 heavy (non-hydrogen) atoms. The SMILES string of the molecule is CN(CC(=O)NCC(O)CC(C)(C)C)c1ncccn1. The van der Waals surface area contributed by atoms with Crippen LogP contribution in [0, 0.1) is 5.41 Å². The molecular weight excluding hydrogens is 256 g/mol. The number of anilines is 1. The van der Waals surface area contributed by atoms with Crippen molar-refractivity contribution in [3.8, 4) is 0 Å². The number of amides is 1. The van der Waals surface area contributed by atoms with Crippen LogP contribution in [-0.2, 0) is 4.79 Å². The van der Waals surface area contributed by atoms with E-state index in [9.17, 15) is 9.90 Å². The number of aliphatic hydroxyl groups is 1. The summed E-state index contributed by atoms with van der Waals surface area (Å²) >= 11 is 0. The van der Waals surface area contributed by atoms with Crippen LogP contribution in [0.4, 0.5) is 5.95 Å². The lowest BCUT2D eigenvalue weighted by Crippen LogP contribution is -2.40. The highest BCUT2D eigenvalue weighted by atomic mass is 16.3. The summed E-state index contributed by atoms with van der Waals surface area (Å²) < 4.78 is 0. The smallest absolute Gasteiger partial charge is 0.239 e. The Morgan fingerprint density at radius 1 is 1.40 bits per heavy atom. The minimum atomic E-state index is -0.530. The highest BCUT2D eigenvalue weighted by Crippen LogP contribution is 2.20. The molecule has 112 valence electrons. The number of nitrogens with one attached hydrogen (secondary N) is 1. The first-order chi connectivity index (χ1) is 9.28. The first-order valence-electron chi connectivity index (χ1n) is 6.71. The van der Waals surface area contributed by atoms with Crippen molar-refractivity contribution >= 4 is 11.9 Å². The van der Waals surface area contributed by atoms with Crippen LogP contribution < -0.4 is 10.2 Å². The van der Waals surface area contributed by atoms with Gasteiger partial charge in [-0.3, -0.25) is 4.79 Å². The summed E-state index contributed by atoms with van der Waals surface area (Å²) in [6.07, 6.45) is 3.37. The molecule has 0 aliphatic carbocycles. The molecule has 0 radical (unpaired) electrons. The van der Waals surface area contributed by atoms with Crippen LogP contribution in [0.3, 0.4) is 0 Å². The van der Waals surface area contributed by atoms with Gasteiger partial charge in [0.25, 0.3) is 0 Å². The van der Waals surface area contributed by atoms with E-state index in [0.717, 1.165) is 0 Å². The fraction of sp³-hybridized carbons (Fsp3) is 0.643. The lowest BCUT2D eigenvalue weighted by molar-refractivity contribution is -0.120. The zero-order chi connectivity index (χ0) is 15.2. The van der Waals surface area contributed by atoms with Crippen molar-refractivity contribution in [3.05, 3.63) is 18.5 Å². The Bertz CT molecular complexity index is 417. The number of aromatic nitrogens is 2. The van der Waals surface area contributed by atoms with Gasteiger partial charge in [-0.15, -0.1) is 0 Å². The van der Waals surface area contributed by atoms with Gasteiger partial charge in [0.15, 0.2) is 0 Å². The summed E-state index contributed by atoms with van der Waals surface area (Å²) in [6, 6.07) is 1.72. The van der Waals surface area contributed by atoms with Gasteiger partial charge in [0, 0.05) is 26.0 Å². The van der Waals surface area contributed by atoms with E-state index in [1.807, 2.05) is 0 Å². The fourth-order valence-corrected chi connectivity index (χ4v) is 1.84. The van der Waals surface area contributed by atoms with Gasteiger partial charge in [-0.2, -0.15) is 0 Å². The van der Waals surface area contributed by atoms with Crippen molar-refractivity contribution < 1.29 is 9.90 Å². The number of likely N-dealkylation sites (N-methyl/N-ethyl adjacent to an activating group) is 1. The van der Waals surface area contributed by atoms with Gasteiger partial charge in [0.1, 0.15) is 0 Å². The molecule has 1 aromatic rings. The minimum Gasteiger partial charge on any atom is -0.391 e. The first kappa shape index (κ1) is 16.4. The van der Waals surface area contributed by atoms with Gasteiger partial charge < -0.3 is 15.3 Å². The maximum atomic E-state index is 11.8. The van der Waals surface area contributed by atoms with Crippen molar-refractivity contribution in [3.63, 3.8) is 0 Å². The molecule has 1 amide bonds. The fourth-order valence-electron chi connectivity index (χ4n) is 1.84. The maximum Gasteiger partial charge on any atom is 0.239 e. The molecule has 0 spiro atoms. The molecule has 6 heteroatoms. The monoisotopic (exact) mass is 280 g/mol. The molecule has 0 aromatic carbocycles. The van der Waals surface area contributed by atoms with Gasteiger partial charge in [0.2, 0.25) is 11.9 Å². The second-order valence-corrected chi connectivity index (χ2v) is 6.13. The average molecular weight is 280 g/mol. The van der Waals surface area contributed by atoms with Gasteiger partial charge in [-0.05, 0) is 17.9 Å². The molecule has 1 rings (SSSR count). The van der Waals surface area contributed by atoms with E-state index < -0.39 is 6.10 Å². The van der Waals surface area contributed by atoms with Crippen LogP contribution in [0.1, 0.15) is 27.2 Å². The van der Waals surface area contributed by atoms with Crippen LogP contribution in [0.5, 0.6) is 0 Å². The Labute approximate surface area is 120 Å². The number of carbonyl (C=O) groups excluding carboxylic acids is 1. The van der Waals surface area contributed by atoms with E-state index in [0.29, 0.717) is 12.4 Å². The van der Waals surface area contributed by atoms with Gasteiger partial charge in [0.05, 0.1) is 12.6 Å². The van der Waals surface area contributed by atoms with Crippen LogP contribution >= 0.6 is 0 Å². The third-order valence-electron chi connectivity index (χ3n) is 2.66. The van der Waals surface area contributed by atoms with Crippen LogP contribution in [0.25, 0.3) is 0 Å². The van der Waals surface area contributed by atoms with E-state index in [2.05, 4.69) is 36.1 Å². The van der Waals surface area contributed by atoms with Gasteiger partial charge >= 0.3 is 0 Å². The molecule has 0 aliphatic rings. The van der Waals surface area contributed by atoms with Crippen LogP contribution in [-0.4, -0.2) is 47.2 Å². The van der Waals surface area contributed by atoms with Crippen LogP contribution in [0.2, 0.25) is 0 Å². The molecule has 1 heterocycles. The van der Waals surface area contributed by atoms with Crippen molar-refractivity contribution in [1.29, 1.82) is 0 Å². The van der Waals surface area contributed by atoms with Crippen molar-refractivity contribution in [2.75, 3.05) is 25.0 Å². The highest BCUT2D eigenvalue weighted by molar-refractivity contribution is 5.80. The number of rotatable bonds is 6. The zero-order valence-electron chi connectivity index (χ0n) is 12.6. The third-order valence-corrected chi connectivity index (χ3v) is 2.66. The topological polar surface area (TPSA) is 78.4 Å². The zero-order valence-corrected chi connectivity index (χ0v) is 12.6. The molecule has 1 aromatic heterocycles. The Hall–Kier alpha value is -1.69. The molecule has 0 saturated heterocycles. The van der Waals surface area contributed by atoms with E-state index in [-0.39, 0.29) is 24.4 Å². The summed E-state index contributed by atoms with van der Waals surface area (Å²) in [6.45, 7) is 6.58. The standard InChI is InChI=1S/C14H24N4O2/c1-14(2,3)8-11(19)9-17-12(20)10-18(4)13-15-6-5-7-16-13/h5-7,11,19H,8-10H2,1-4H3,(H,17,20). The largest absolute Gasteiger partial charge is 0.391 e. The van der Waals surface area contributed by atoms with Crippen molar-refractivity contribution in [2.24, 2.45) is 5.41 Å². The van der Waals surface area contributed by atoms with Crippen molar-refractivity contribution in [2.45, 2.75) is 33.3 Å². The van der Waals surface area contributed by atoms with Crippen molar-refractivity contribution in [1.82, 2.24) is 15.3 Å². The lowest BCUT2D eigenvalue weighted by Gasteiger charge is -2.23. The van der Waals surface area contributed by atoms with E-state index in [1.54, 1.807) is 30.4 Å². The van der Waals surface area contributed by atoms with Gasteiger partial charge in [-0.25, -0.2) is 9.97 Å². The summed E-state index contributed by atoms with van der Waals surface area (Å²) in [4.78, 5) is 21.6. The number of hydrogen-bond acceptors (Lipinski definition) is 5. The first-order valence-corrected chi connectivity index (χ1v) is 6.71. The number of aliphatic hydroxyl groups excluding tert-OH is 1. The molecule has 0 aliphatic heterocycles. The van der Waals surface area contributed by atoms with E-state index in [4.69, 9.17) is 0 Å². The minimum absolute atomic E-state index is 0.0405. The predicted molar refractivity (Wildman–Crippen MR) is 78.4 cm³/mol. The summed E-state index contributed by atoms with van der Waals surface area (Å²) in [7, 11) is 1.75. The van der Waals surface area contributed by atoms with Crippen LogP contribution in [0.15, 0.2) is 18.5 Å². The lowest BCUT2D eigenvalue weighted by atomic mass is 9.89. The number of nitrogens with zero attached hydrogens (tertiary/aromatic N) is 3. The second kappa shape index (κ2) is 7.19. The molecule has 1 atom stereocenters. The quantitative estimate of drug-likeness (QED) is 0.807. The number of hydrogen-bond donors (Lipinski definition) is 2. The molecular formula is C14H24N4O2. The maximum absolute atomic E-state index is 11.8. The predicted octanol–water partition coefficient (Wildman–Crippen LogP) is 0.826. The Kier molecular flexibility index (Phi) is 5.88. The summed E-state index contributed by atoms with van der Waals surface area (Å²) in [5, 5.41) is 12.6. The third kappa shape index (κ3) is 6.47. The summed E-state index contributed by atoms with van der Waals surface area (Å²) in [5.41, 5.74) is 0.0405. The number of carbonyl (C=O) groups is 1. The summed E-state index contributed by atoms with van der Waals surface area (Å²) in [5.74, 6) is 0.339. The molecule has 0 bridgehead atoms. The Morgan fingerprint density at radius 2 is 2.00 bits per heavy atom. The molecule has 1 unspecified atom stereocenters. The normalized spacial score (nSPS) is 12.8. The molecule has 0 saturated carbocycles. The highest BCUT2D eigenvalue weighted by Gasteiger charge is 2.17. The molecule has 0 fully saturated rings. The Morgan fingerprint density at radius 3 is 2.55 bits per heavy atom. The van der Waals surface area contributed by atoms with E-state index >= 15 is 0 Å². The second-order valence-electron chi connectivity index (χ2n) is 6.13. The Balaban J connectivity index is 2.34. The van der Waals surface area contributed by atoms with Gasteiger partial charge in [-0.1, -0.05) is 20.8 Å². The molecule has 2 N–H and O–H groups in total. The van der Waals surface area contributed by atoms with E-state index in [1.165, 1.54) is 0 Å². The average Bonchev–Trinajstić information content (AvgIpc) is 2.35. The molecule has 6 nitrogen and oxygen atoms in total.